The number of sulfonamides is 1. The summed E-state index contributed by atoms with van der Waals surface area (Å²) in [6.07, 6.45) is 0. The van der Waals surface area contributed by atoms with Crippen molar-refractivity contribution in [2.24, 2.45) is 5.14 Å². The van der Waals surface area contributed by atoms with Crippen molar-refractivity contribution >= 4 is 27.3 Å². The van der Waals surface area contributed by atoms with Gasteiger partial charge in [-0.15, -0.1) is 0 Å². The van der Waals surface area contributed by atoms with Crippen molar-refractivity contribution in [1.29, 1.82) is 0 Å². The number of anilines is 1. The summed E-state index contributed by atoms with van der Waals surface area (Å²) in [5.41, 5.74) is 1.52. The quantitative estimate of drug-likeness (QED) is 0.906. The van der Waals surface area contributed by atoms with Crippen LogP contribution in [0.4, 0.5) is 10.1 Å². The Bertz CT molecular complexity index is 779. The molecule has 0 saturated heterocycles. The fourth-order valence-electron chi connectivity index (χ4n) is 1.88. The van der Waals surface area contributed by atoms with Crippen LogP contribution in [0.3, 0.4) is 0 Å². The van der Waals surface area contributed by atoms with Gasteiger partial charge in [0.25, 0.3) is 0 Å². The fourth-order valence-corrected chi connectivity index (χ4v) is 2.85. The van der Waals surface area contributed by atoms with Gasteiger partial charge in [0.2, 0.25) is 10.0 Å². The molecule has 2 aromatic rings. The normalized spacial score (nSPS) is 11.4. The lowest BCUT2D eigenvalue weighted by Crippen LogP contribution is -2.14. The van der Waals surface area contributed by atoms with Gasteiger partial charge in [-0.2, -0.15) is 0 Å². The fraction of sp³-hybridized carbons (Fsp3) is 0.143. The van der Waals surface area contributed by atoms with E-state index >= 15 is 0 Å². The molecule has 0 heterocycles. The topological polar surface area (TPSA) is 72.2 Å². The summed E-state index contributed by atoms with van der Waals surface area (Å²) < 4.78 is 36.5. The lowest BCUT2D eigenvalue weighted by molar-refractivity contribution is 0.597. The van der Waals surface area contributed by atoms with E-state index in [9.17, 15) is 12.8 Å². The number of hydrogen-bond donors (Lipinski definition) is 2. The molecule has 112 valence electrons. The van der Waals surface area contributed by atoms with Gasteiger partial charge in [-0.25, -0.2) is 17.9 Å². The van der Waals surface area contributed by atoms with Crippen LogP contribution in [-0.2, 0) is 16.6 Å². The van der Waals surface area contributed by atoms with Crippen molar-refractivity contribution in [1.82, 2.24) is 0 Å². The summed E-state index contributed by atoms with van der Waals surface area (Å²) >= 11 is 5.68. The number of rotatable bonds is 4. The van der Waals surface area contributed by atoms with Crippen LogP contribution in [0.15, 0.2) is 41.3 Å². The number of benzene rings is 2. The zero-order valence-electron chi connectivity index (χ0n) is 11.2. The Morgan fingerprint density at radius 1 is 1.24 bits per heavy atom. The van der Waals surface area contributed by atoms with Crippen LogP contribution in [-0.4, -0.2) is 8.42 Å². The van der Waals surface area contributed by atoms with Gasteiger partial charge in [-0.1, -0.05) is 23.7 Å². The third-order valence-corrected chi connectivity index (χ3v) is 4.28. The van der Waals surface area contributed by atoms with Crippen molar-refractivity contribution in [3.05, 3.63) is 58.4 Å². The van der Waals surface area contributed by atoms with Crippen molar-refractivity contribution in [3.63, 3.8) is 0 Å². The van der Waals surface area contributed by atoms with Crippen LogP contribution in [0.2, 0.25) is 5.02 Å². The third kappa shape index (κ3) is 3.93. The van der Waals surface area contributed by atoms with E-state index in [1.807, 2.05) is 0 Å². The largest absolute Gasteiger partial charge is 0.381 e. The van der Waals surface area contributed by atoms with Crippen LogP contribution in [0.5, 0.6) is 0 Å². The zero-order valence-corrected chi connectivity index (χ0v) is 12.8. The highest BCUT2D eigenvalue weighted by Crippen LogP contribution is 2.20. The molecule has 3 N–H and O–H groups in total. The molecule has 0 radical (unpaired) electrons. The molecule has 0 unspecified atom stereocenters. The maximum atomic E-state index is 13.6. The van der Waals surface area contributed by atoms with Gasteiger partial charge in [0, 0.05) is 22.8 Å². The molecular formula is C14H14ClFN2O2S. The average molecular weight is 329 g/mol. The molecule has 0 bridgehead atoms. The lowest BCUT2D eigenvalue weighted by atomic mass is 10.2. The summed E-state index contributed by atoms with van der Waals surface area (Å²) in [5.74, 6) is -0.422. The van der Waals surface area contributed by atoms with Gasteiger partial charge < -0.3 is 5.32 Å². The minimum Gasteiger partial charge on any atom is -0.381 e. The second kappa shape index (κ2) is 6.01. The molecule has 0 saturated carbocycles. The minimum atomic E-state index is -3.78. The Labute approximate surface area is 127 Å². The number of hydrogen-bond acceptors (Lipinski definition) is 3. The summed E-state index contributed by atoms with van der Waals surface area (Å²) in [5, 5.41) is 8.42. The van der Waals surface area contributed by atoms with Gasteiger partial charge in [-0.3, -0.25) is 0 Å². The molecule has 0 aliphatic heterocycles. The Morgan fingerprint density at radius 3 is 2.57 bits per heavy atom. The molecule has 0 fully saturated rings. The monoisotopic (exact) mass is 328 g/mol. The van der Waals surface area contributed by atoms with E-state index in [2.05, 4.69) is 5.32 Å². The summed E-state index contributed by atoms with van der Waals surface area (Å²) in [4.78, 5) is 0.0454. The molecule has 0 spiro atoms. The van der Waals surface area contributed by atoms with Crippen LogP contribution in [0, 0.1) is 12.7 Å². The summed E-state index contributed by atoms with van der Waals surface area (Å²) in [7, 11) is -3.78. The van der Waals surface area contributed by atoms with Crippen molar-refractivity contribution in [3.8, 4) is 0 Å². The van der Waals surface area contributed by atoms with Crippen molar-refractivity contribution in [2.45, 2.75) is 18.4 Å². The number of aryl methyl sites for hydroxylation is 1. The highest BCUT2D eigenvalue weighted by atomic mass is 35.5. The lowest BCUT2D eigenvalue weighted by Gasteiger charge is -2.10. The van der Waals surface area contributed by atoms with Crippen LogP contribution in [0.25, 0.3) is 0 Å². The first-order chi connectivity index (χ1) is 9.77. The van der Waals surface area contributed by atoms with Gasteiger partial charge in [-0.05, 0) is 36.8 Å². The SMILES string of the molecule is Cc1ccc(NCc2ccc(Cl)cc2F)cc1S(N)(=O)=O. The first-order valence-electron chi connectivity index (χ1n) is 6.08. The van der Waals surface area contributed by atoms with Crippen LogP contribution < -0.4 is 10.5 Å². The Hall–Kier alpha value is -1.63. The first-order valence-corrected chi connectivity index (χ1v) is 8.01. The molecule has 21 heavy (non-hydrogen) atoms. The van der Waals surface area contributed by atoms with Gasteiger partial charge >= 0.3 is 0 Å². The molecule has 7 heteroatoms. The average Bonchev–Trinajstić information content (AvgIpc) is 2.38. The smallest absolute Gasteiger partial charge is 0.238 e. The van der Waals surface area contributed by atoms with Gasteiger partial charge in [0.05, 0.1) is 4.90 Å². The molecule has 2 aromatic carbocycles. The van der Waals surface area contributed by atoms with E-state index < -0.39 is 15.8 Å². The molecule has 2 rings (SSSR count). The maximum absolute atomic E-state index is 13.6. The van der Waals surface area contributed by atoms with E-state index in [0.29, 0.717) is 21.8 Å². The molecule has 0 atom stereocenters. The molecule has 0 amide bonds. The molecule has 0 aliphatic rings. The van der Waals surface area contributed by atoms with Gasteiger partial charge in [0.15, 0.2) is 0 Å². The van der Waals surface area contributed by atoms with Crippen molar-refractivity contribution in [2.75, 3.05) is 5.32 Å². The van der Waals surface area contributed by atoms with Gasteiger partial charge in [0.1, 0.15) is 5.82 Å². The molecule has 0 aromatic heterocycles. The zero-order chi connectivity index (χ0) is 15.6. The van der Waals surface area contributed by atoms with E-state index in [-0.39, 0.29) is 11.4 Å². The number of primary sulfonamides is 1. The molecular weight excluding hydrogens is 315 g/mol. The number of halogens is 2. The third-order valence-electron chi connectivity index (χ3n) is 2.99. The second-order valence-electron chi connectivity index (χ2n) is 4.61. The molecule has 0 aliphatic carbocycles. The van der Waals surface area contributed by atoms with E-state index in [0.717, 1.165) is 0 Å². The van der Waals surface area contributed by atoms with E-state index in [1.54, 1.807) is 31.2 Å². The van der Waals surface area contributed by atoms with Crippen LogP contribution >= 0.6 is 11.6 Å². The summed E-state index contributed by atoms with van der Waals surface area (Å²) in [6.45, 7) is 1.86. The minimum absolute atomic E-state index is 0.0454. The first kappa shape index (κ1) is 15.8. The van der Waals surface area contributed by atoms with Crippen molar-refractivity contribution < 1.29 is 12.8 Å². The predicted octanol–water partition coefficient (Wildman–Crippen LogP) is 3.05. The second-order valence-corrected chi connectivity index (χ2v) is 6.58. The highest BCUT2D eigenvalue weighted by Gasteiger charge is 2.12. The maximum Gasteiger partial charge on any atom is 0.238 e. The highest BCUT2D eigenvalue weighted by molar-refractivity contribution is 7.89. The predicted molar refractivity (Wildman–Crippen MR) is 81.3 cm³/mol. The van der Waals surface area contributed by atoms with E-state index in [1.165, 1.54) is 12.1 Å². The Kier molecular flexibility index (Phi) is 4.51. The Morgan fingerprint density at radius 2 is 1.95 bits per heavy atom. The van der Waals surface area contributed by atoms with E-state index in [4.69, 9.17) is 16.7 Å². The number of nitrogens with two attached hydrogens (primary N) is 1. The molecule has 4 nitrogen and oxygen atoms in total. The number of nitrogens with one attached hydrogen (secondary N) is 1. The Balaban J connectivity index is 2.21. The van der Waals surface area contributed by atoms with Crippen LogP contribution in [0.1, 0.15) is 11.1 Å². The standard InChI is InChI=1S/C14H14ClFN2O2S/c1-9-2-5-12(7-14(9)21(17,19)20)18-8-10-3-4-11(15)6-13(10)16/h2-7,18H,8H2,1H3,(H2,17,19,20). The summed E-state index contributed by atoms with van der Waals surface area (Å²) in [6, 6.07) is 9.16.